The first kappa shape index (κ1) is 22.7. The molecule has 0 unspecified atom stereocenters. The van der Waals surface area contributed by atoms with Gasteiger partial charge in [0.1, 0.15) is 11.2 Å². The van der Waals surface area contributed by atoms with Crippen LogP contribution in [0.2, 0.25) is 0 Å². The lowest BCUT2D eigenvalue weighted by molar-refractivity contribution is 0.102. The van der Waals surface area contributed by atoms with Crippen LogP contribution < -0.4 is 5.32 Å². The predicted molar refractivity (Wildman–Crippen MR) is 154 cm³/mol. The highest BCUT2D eigenvalue weighted by atomic mass is 16.3. The maximum absolute atomic E-state index is 13.2. The summed E-state index contributed by atoms with van der Waals surface area (Å²) < 4.78 is 6.13. The molecular weight excluding hydrogens is 484 g/mol. The second kappa shape index (κ2) is 9.43. The van der Waals surface area contributed by atoms with Crippen molar-refractivity contribution in [3.63, 3.8) is 0 Å². The molecule has 2 heterocycles. The summed E-state index contributed by atoms with van der Waals surface area (Å²) in [7, 11) is 0. The van der Waals surface area contributed by atoms with E-state index in [0.29, 0.717) is 17.1 Å². The molecule has 7 aromatic rings. The van der Waals surface area contributed by atoms with Crippen LogP contribution in [0.25, 0.3) is 55.7 Å². The number of anilines is 1. The van der Waals surface area contributed by atoms with Crippen molar-refractivity contribution < 1.29 is 9.21 Å². The van der Waals surface area contributed by atoms with E-state index in [9.17, 15) is 4.79 Å². The molecule has 0 aliphatic carbocycles. The third-order valence-electron chi connectivity index (χ3n) is 6.80. The summed E-state index contributed by atoms with van der Waals surface area (Å²) in [5.74, 6) is 0.334. The van der Waals surface area contributed by atoms with Crippen LogP contribution in [-0.2, 0) is 0 Å². The summed E-state index contributed by atoms with van der Waals surface area (Å²) in [5, 5.41) is 12.6. The normalized spacial score (nSPS) is 11.2. The van der Waals surface area contributed by atoms with Gasteiger partial charge in [-0.2, -0.15) is 5.10 Å². The van der Waals surface area contributed by atoms with Crippen LogP contribution in [0.3, 0.4) is 0 Å². The Morgan fingerprint density at radius 1 is 0.718 bits per heavy atom. The number of aromatic nitrogens is 3. The second-order valence-corrected chi connectivity index (χ2v) is 9.28. The molecule has 6 heteroatoms. The largest absolute Gasteiger partial charge is 0.436 e. The maximum atomic E-state index is 13.2. The van der Waals surface area contributed by atoms with E-state index in [1.165, 1.54) is 0 Å². The molecule has 0 radical (unpaired) electrons. The number of oxazole rings is 1. The van der Waals surface area contributed by atoms with E-state index >= 15 is 0 Å². The minimum absolute atomic E-state index is 0.165. The molecule has 6 nitrogen and oxygen atoms in total. The number of benzene rings is 5. The van der Waals surface area contributed by atoms with E-state index in [-0.39, 0.29) is 5.91 Å². The number of aromatic amines is 1. The Hall–Kier alpha value is -5.49. The molecule has 0 fully saturated rings. The average Bonchev–Trinajstić information content (AvgIpc) is 3.64. The van der Waals surface area contributed by atoms with E-state index in [4.69, 9.17) is 9.40 Å². The van der Waals surface area contributed by atoms with Gasteiger partial charge in [-0.15, -0.1) is 0 Å². The van der Waals surface area contributed by atoms with Crippen molar-refractivity contribution in [1.82, 2.24) is 15.2 Å². The molecule has 0 aliphatic rings. The van der Waals surface area contributed by atoms with Gasteiger partial charge in [-0.3, -0.25) is 9.89 Å². The smallest absolute Gasteiger partial charge is 0.256 e. The maximum Gasteiger partial charge on any atom is 0.256 e. The Bertz CT molecular complexity index is 1900. The van der Waals surface area contributed by atoms with Crippen molar-refractivity contribution in [2.75, 3.05) is 5.32 Å². The molecule has 2 aromatic heterocycles. The fourth-order valence-electron chi connectivity index (χ4n) is 4.86. The highest BCUT2D eigenvalue weighted by Crippen LogP contribution is 2.34. The van der Waals surface area contributed by atoms with Gasteiger partial charge in [0.2, 0.25) is 5.89 Å². The van der Waals surface area contributed by atoms with Crippen molar-refractivity contribution in [2.45, 2.75) is 0 Å². The zero-order chi connectivity index (χ0) is 26.2. The highest BCUT2D eigenvalue weighted by molar-refractivity contribution is 6.08. The van der Waals surface area contributed by atoms with Crippen LogP contribution in [0.5, 0.6) is 0 Å². The molecule has 0 spiro atoms. The van der Waals surface area contributed by atoms with E-state index in [1.807, 2.05) is 103 Å². The third kappa shape index (κ3) is 4.24. The minimum Gasteiger partial charge on any atom is -0.436 e. The van der Waals surface area contributed by atoms with Crippen molar-refractivity contribution >= 4 is 33.5 Å². The van der Waals surface area contributed by atoms with E-state index < -0.39 is 0 Å². The van der Waals surface area contributed by atoms with Gasteiger partial charge in [-0.25, -0.2) is 4.98 Å². The lowest BCUT2D eigenvalue weighted by Gasteiger charge is -2.11. The summed E-state index contributed by atoms with van der Waals surface area (Å²) >= 11 is 0. The lowest BCUT2D eigenvalue weighted by atomic mass is 9.99. The first-order valence-electron chi connectivity index (χ1n) is 12.6. The van der Waals surface area contributed by atoms with Gasteiger partial charge >= 0.3 is 0 Å². The number of rotatable bonds is 5. The third-order valence-corrected chi connectivity index (χ3v) is 6.80. The van der Waals surface area contributed by atoms with Crippen LogP contribution in [0.1, 0.15) is 10.4 Å². The molecule has 7 rings (SSSR count). The summed E-state index contributed by atoms with van der Waals surface area (Å²) in [6.07, 6.45) is 1.79. The Balaban J connectivity index is 1.15. The topological polar surface area (TPSA) is 83.8 Å². The second-order valence-electron chi connectivity index (χ2n) is 9.28. The number of amides is 1. The minimum atomic E-state index is -0.165. The number of nitrogens with one attached hydrogen (secondary N) is 2. The van der Waals surface area contributed by atoms with Crippen molar-refractivity contribution in [3.05, 3.63) is 127 Å². The number of hydrogen-bond donors (Lipinski definition) is 2. The van der Waals surface area contributed by atoms with Gasteiger partial charge in [0.25, 0.3) is 5.91 Å². The predicted octanol–water partition coefficient (Wildman–Crippen LogP) is 7.96. The summed E-state index contributed by atoms with van der Waals surface area (Å²) in [5.41, 5.74) is 7.08. The molecule has 5 aromatic carbocycles. The van der Waals surface area contributed by atoms with Crippen LogP contribution in [-0.4, -0.2) is 21.1 Å². The number of nitrogens with zero attached hydrogens (tertiary/aromatic N) is 2. The zero-order valence-electron chi connectivity index (χ0n) is 20.8. The number of hydrogen-bond acceptors (Lipinski definition) is 4. The Labute approximate surface area is 224 Å². The van der Waals surface area contributed by atoms with Gasteiger partial charge in [-0.05, 0) is 52.2 Å². The molecular formula is C33H22N4O2. The van der Waals surface area contributed by atoms with E-state index in [1.54, 1.807) is 6.20 Å². The van der Waals surface area contributed by atoms with Gasteiger partial charge < -0.3 is 9.73 Å². The molecule has 186 valence electrons. The van der Waals surface area contributed by atoms with E-state index in [2.05, 4.69) is 27.6 Å². The molecule has 0 saturated heterocycles. The Kier molecular flexibility index (Phi) is 5.49. The highest BCUT2D eigenvalue weighted by Gasteiger charge is 2.18. The SMILES string of the molecule is O=C(Nc1ccc(-c2n[nH]cc2-c2nc3cc4ccccc4cc3o2)cc1)c1ccccc1-c1ccccc1. The fraction of sp³-hybridized carbons (Fsp3) is 0. The number of H-pyrrole nitrogens is 1. The van der Waals surface area contributed by atoms with Gasteiger partial charge in [0, 0.05) is 23.0 Å². The van der Waals surface area contributed by atoms with Gasteiger partial charge in [0.15, 0.2) is 5.58 Å². The molecule has 0 bridgehead atoms. The van der Waals surface area contributed by atoms with Crippen LogP contribution in [0, 0.1) is 0 Å². The average molecular weight is 507 g/mol. The summed E-state index contributed by atoms with van der Waals surface area (Å²) in [6, 6.07) is 37.3. The van der Waals surface area contributed by atoms with E-state index in [0.717, 1.165) is 49.8 Å². The van der Waals surface area contributed by atoms with Gasteiger partial charge in [-0.1, -0.05) is 84.9 Å². The van der Waals surface area contributed by atoms with Crippen LogP contribution >= 0.6 is 0 Å². The van der Waals surface area contributed by atoms with Crippen molar-refractivity contribution in [1.29, 1.82) is 0 Å². The Morgan fingerprint density at radius 2 is 1.44 bits per heavy atom. The van der Waals surface area contributed by atoms with Crippen LogP contribution in [0.15, 0.2) is 126 Å². The quantitative estimate of drug-likeness (QED) is 0.248. The first-order valence-corrected chi connectivity index (χ1v) is 12.6. The van der Waals surface area contributed by atoms with Crippen molar-refractivity contribution in [2.24, 2.45) is 0 Å². The standard InChI is InChI=1S/C33H22N4O2/c38-32(27-13-7-6-12-26(27)21-8-2-1-3-9-21)35-25-16-14-22(15-17-25)31-28(20-34-37-31)33-36-29-18-23-10-4-5-11-24(23)19-30(29)39-33/h1-20H,(H,34,37)(H,35,38). The molecule has 39 heavy (non-hydrogen) atoms. The number of carbonyl (C=O) groups excluding carboxylic acids is 1. The Morgan fingerprint density at radius 3 is 2.26 bits per heavy atom. The molecule has 2 N–H and O–H groups in total. The van der Waals surface area contributed by atoms with Crippen molar-refractivity contribution in [3.8, 4) is 33.8 Å². The fourth-order valence-corrected chi connectivity index (χ4v) is 4.86. The molecule has 0 aliphatic heterocycles. The summed E-state index contributed by atoms with van der Waals surface area (Å²) in [4.78, 5) is 17.9. The summed E-state index contributed by atoms with van der Waals surface area (Å²) in [6.45, 7) is 0. The van der Waals surface area contributed by atoms with Gasteiger partial charge in [0.05, 0.1) is 5.56 Å². The monoisotopic (exact) mass is 506 g/mol. The first-order chi connectivity index (χ1) is 19.2. The zero-order valence-corrected chi connectivity index (χ0v) is 20.8. The number of fused-ring (bicyclic) bond motifs is 2. The lowest BCUT2D eigenvalue weighted by Crippen LogP contribution is -2.13. The molecule has 0 saturated carbocycles. The number of carbonyl (C=O) groups is 1. The molecule has 1 amide bonds. The van der Waals surface area contributed by atoms with Crippen LogP contribution in [0.4, 0.5) is 5.69 Å². The molecule has 0 atom stereocenters.